The Kier molecular flexibility index (Phi) is 4.96. The van der Waals surface area contributed by atoms with E-state index in [9.17, 15) is 5.11 Å². The second-order valence-corrected chi connectivity index (χ2v) is 5.31. The second kappa shape index (κ2) is 5.80. The van der Waals surface area contributed by atoms with Crippen LogP contribution in [0.5, 0.6) is 0 Å². The van der Waals surface area contributed by atoms with Crippen LogP contribution < -0.4 is 0 Å². The molecule has 2 nitrogen and oxygen atoms in total. The lowest BCUT2D eigenvalue weighted by atomic mass is 9.85. The summed E-state index contributed by atoms with van der Waals surface area (Å²) < 4.78 is 6.15. The lowest BCUT2D eigenvalue weighted by Gasteiger charge is -2.32. The predicted molar refractivity (Wildman–Crippen MR) is 69.5 cm³/mol. The molecule has 90 valence electrons. The third kappa shape index (κ3) is 3.30. The van der Waals surface area contributed by atoms with E-state index in [4.69, 9.17) is 4.74 Å². The summed E-state index contributed by atoms with van der Waals surface area (Å²) in [6.45, 7) is 4.37. The fourth-order valence-electron chi connectivity index (χ4n) is 1.64. The first kappa shape index (κ1) is 13.7. The Morgan fingerprint density at radius 1 is 1.38 bits per heavy atom. The van der Waals surface area contributed by atoms with Gasteiger partial charge in [-0.05, 0) is 17.5 Å². The quantitative estimate of drug-likeness (QED) is 0.902. The Labute approximate surface area is 106 Å². The molecule has 0 heterocycles. The largest absolute Gasteiger partial charge is 0.387 e. The molecule has 1 unspecified atom stereocenters. The summed E-state index contributed by atoms with van der Waals surface area (Å²) in [5.74, 6) is 0.152. The van der Waals surface area contributed by atoms with Gasteiger partial charge in [-0.2, -0.15) is 0 Å². The first-order chi connectivity index (χ1) is 7.49. The van der Waals surface area contributed by atoms with E-state index in [1.807, 2.05) is 38.1 Å². The minimum atomic E-state index is -0.807. The molecule has 1 aromatic carbocycles. The molecule has 0 fully saturated rings. The maximum atomic E-state index is 10.5. The molecule has 0 amide bonds. The number of halogens is 1. The van der Waals surface area contributed by atoms with Crippen LogP contribution >= 0.6 is 15.9 Å². The van der Waals surface area contributed by atoms with E-state index in [1.165, 1.54) is 0 Å². The smallest absolute Gasteiger partial charge is 0.0943 e. The molecule has 0 saturated heterocycles. The van der Waals surface area contributed by atoms with Crippen LogP contribution in [0.3, 0.4) is 0 Å². The molecule has 1 atom stereocenters. The van der Waals surface area contributed by atoms with Gasteiger partial charge in [0.2, 0.25) is 0 Å². The van der Waals surface area contributed by atoms with Gasteiger partial charge in [0.1, 0.15) is 0 Å². The van der Waals surface area contributed by atoms with E-state index in [0.717, 1.165) is 10.0 Å². The van der Waals surface area contributed by atoms with Crippen molar-refractivity contribution in [1.82, 2.24) is 0 Å². The van der Waals surface area contributed by atoms with Crippen LogP contribution in [-0.4, -0.2) is 24.4 Å². The number of benzene rings is 1. The number of hydrogen-bond acceptors (Lipinski definition) is 2. The average Bonchev–Trinajstić information content (AvgIpc) is 2.21. The van der Waals surface area contributed by atoms with Gasteiger partial charge >= 0.3 is 0 Å². The molecule has 0 spiro atoms. The number of methoxy groups -OCH3 is 1. The van der Waals surface area contributed by atoms with E-state index in [0.29, 0.717) is 13.0 Å². The normalized spacial score (nSPS) is 15.1. The monoisotopic (exact) mass is 286 g/mol. The highest BCUT2D eigenvalue weighted by molar-refractivity contribution is 9.10. The van der Waals surface area contributed by atoms with Gasteiger partial charge in [0.25, 0.3) is 0 Å². The van der Waals surface area contributed by atoms with E-state index in [1.54, 1.807) is 7.11 Å². The fourth-order valence-corrected chi connectivity index (χ4v) is 2.07. The molecule has 3 heteroatoms. The predicted octanol–water partition coefficient (Wildman–Crippen LogP) is 3.03. The van der Waals surface area contributed by atoms with Crippen LogP contribution in [0, 0.1) is 5.92 Å². The Hall–Kier alpha value is -0.380. The average molecular weight is 287 g/mol. The van der Waals surface area contributed by atoms with Gasteiger partial charge in [-0.25, -0.2) is 0 Å². The van der Waals surface area contributed by atoms with Gasteiger partial charge in [0.05, 0.1) is 12.2 Å². The summed E-state index contributed by atoms with van der Waals surface area (Å²) >= 11 is 3.50. The maximum Gasteiger partial charge on any atom is 0.0943 e. The third-order valence-corrected chi connectivity index (χ3v) is 3.70. The summed E-state index contributed by atoms with van der Waals surface area (Å²) in [7, 11) is 1.62. The molecule has 1 aromatic rings. The summed E-state index contributed by atoms with van der Waals surface area (Å²) in [5, 5.41) is 10.5. The highest BCUT2D eigenvalue weighted by atomic mass is 79.9. The Morgan fingerprint density at radius 2 is 2.00 bits per heavy atom. The number of rotatable bonds is 5. The highest BCUT2D eigenvalue weighted by Crippen LogP contribution is 2.26. The van der Waals surface area contributed by atoms with Crippen molar-refractivity contribution in [2.24, 2.45) is 5.92 Å². The molecule has 0 radical (unpaired) electrons. The molecule has 1 rings (SSSR count). The summed E-state index contributed by atoms with van der Waals surface area (Å²) in [5.41, 5.74) is 0.300. The van der Waals surface area contributed by atoms with Crippen molar-refractivity contribution in [3.63, 3.8) is 0 Å². The molecule has 1 N–H and O–H groups in total. The standard InChI is InChI=1S/C13H19BrO2/c1-10(2)13(15,9-16-3)8-11-6-4-5-7-12(11)14/h4-7,10,15H,8-9H2,1-3H3. The maximum absolute atomic E-state index is 10.5. The number of hydrogen-bond donors (Lipinski definition) is 1. The highest BCUT2D eigenvalue weighted by Gasteiger charge is 2.31. The molecule has 16 heavy (non-hydrogen) atoms. The molecule has 0 aliphatic heterocycles. The molecule has 0 saturated carbocycles. The minimum absolute atomic E-state index is 0.152. The molecular formula is C13H19BrO2. The van der Waals surface area contributed by atoms with E-state index in [2.05, 4.69) is 15.9 Å². The van der Waals surface area contributed by atoms with Crippen molar-refractivity contribution >= 4 is 15.9 Å². The lowest BCUT2D eigenvalue weighted by Crippen LogP contribution is -2.42. The van der Waals surface area contributed by atoms with Crippen LogP contribution in [0.15, 0.2) is 28.7 Å². The number of ether oxygens (including phenoxy) is 1. The van der Waals surface area contributed by atoms with E-state index < -0.39 is 5.60 Å². The van der Waals surface area contributed by atoms with Crippen LogP contribution in [0.4, 0.5) is 0 Å². The summed E-state index contributed by atoms with van der Waals surface area (Å²) in [4.78, 5) is 0. The van der Waals surface area contributed by atoms with Crippen LogP contribution in [-0.2, 0) is 11.2 Å². The Morgan fingerprint density at radius 3 is 2.50 bits per heavy atom. The molecule has 0 aliphatic rings. The summed E-state index contributed by atoms with van der Waals surface area (Å²) in [6.07, 6.45) is 0.597. The van der Waals surface area contributed by atoms with Crippen LogP contribution in [0.1, 0.15) is 19.4 Å². The molecule has 0 aromatic heterocycles. The van der Waals surface area contributed by atoms with Crippen molar-refractivity contribution in [3.05, 3.63) is 34.3 Å². The Bertz CT molecular complexity index is 338. The van der Waals surface area contributed by atoms with Crippen molar-refractivity contribution < 1.29 is 9.84 Å². The van der Waals surface area contributed by atoms with E-state index in [-0.39, 0.29) is 5.92 Å². The first-order valence-corrected chi connectivity index (χ1v) is 6.23. The van der Waals surface area contributed by atoms with Gasteiger partial charge in [-0.1, -0.05) is 48.0 Å². The van der Waals surface area contributed by atoms with Crippen LogP contribution in [0.25, 0.3) is 0 Å². The van der Waals surface area contributed by atoms with Gasteiger partial charge < -0.3 is 9.84 Å². The van der Waals surface area contributed by atoms with Crippen molar-refractivity contribution in [1.29, 1.82) is 0 Å². The number of aliphatic hydroxyl groups is 1. The van der Waals surface area contributed by atoms with Gasteiger partial charge in [0, 0.05) is 18.0 Å². The Balaban J connectivity index is 2.88. The minimum Gasteiger partial charge on any atom is -0.387 e. The molecule has 0 aliphatic carbocycles. The zero-order chi connectivity index (χ0) is 12.2. The SMILES string of the molecule is COCC(O)(Cc1ccccc1Br)C(C)C. The van der Waals surface area contributed by atoms with Crippen molar-refractivity contribution in [3.8, 4) is 0 Å². The van der Waals surface area contributed by atoms with Gasteiger partial charge in [-0.3, -0.25) is 0 Å². The third-order valence-electron chi connectivity index (χ3n) is 2.92. The second-order valence-electron chi connectivity index (χ2n) is 4.46. The lowest BCUT2D eigenvalue weighted by molar-refractivity contribution is -0.0638. The van der Waals surface area contributed by atoms with Gasteiger partial charge in [0.15, 0.2) is 0 Å². The zero-order valence-electron chi connectivity index (χ0n) is 10.0. The van der Waals surface area contributed by atoms with Crippen LogP contribution in [0.2, 0.25) is 0 Å². The molecule has 0 bridgehead atoms. The van der Waals surface area contributed by atoms with Gasteiger partial charge in [-0.15, -0.1) is 0 Å². The fraction of sp³-hybridized carbons (Fsp3) is 0.538. The summed E-state index contributed by atoms with van der Waals surface area (Å²) in [6, 6.07) is 7.96. The zero-order valence-corrected chi connectivity index (χ0v) is 11.6. The van der Waals surface area contributed by atoms with E-state index >= 15 is 0 Å². The van der Waals surface area contributed by atoms with Crippen molar-refractivity contribution in [2.45, 2.75) is 25.9 Å². The molecular weight excluding hydrogens is 268 g/mol. The van der Waals surface area contributed by atoms with Crippen molar-refractivity contribution in [2.75, 3.05) is 13.7 Å². The first-order valence-electron chi connectivity index (χ1n) is 5.44. The topological polar surface area (TPSA) is 29.5 Å².